The summed E-state index contributed by atoms with van der Waals surface area (Å²) in [5.41, 5.74) is 23.2. The number of fused-ring (bicyclic) bond motifs is 8. The lowest BCUT2D eigenvalue weighted by Crippen LogP contribution is -2.30. The maximum atomic E-state index is 2.47. The Bertz CT molecular complexity index is 3590. The van der Waals surface area contributed by atoms with Crippen molar-refractivity contribution in [2.75, 3.05) is 14.7 Å². The van der Waals surface area contributed by atoms with Crippen LogP contribution in [0.15, 0.2) is 224 Å². The third-order valence-corrected chi connectivity index (χ3v) is 15.2. The van der Waals surface area contributed by atoms with Crippen LogP contribution in [0.25, 0.3) is 45.2 Å². The molecule has 0 saturated heterocycles. The number of hydrogen-bond donors (Lipinski definition) is 0. The molecule has 13 rings (SSSR count). The molecule has 3 nitrogen and oxygen atoms in total. The van der Waals surface area contributed by atoms with Gasteiger partial charge in [-0.2, -0.15) is 0 Å². The maximum Gasteiger partial charge on any atom is 0.0703 e. The molecule has 330 valence electrons. The number of rotatable bonds is 6. The van der Waals surface area contributed by atoms with E-state index in [1.54, 1.807) is 0 Å². The van der Waals surface area contributed by atoms with E-state index in [0.717, 1.165) is 34.1 Å². The molecule has 3 aliphatic rings. The minimum absolute atomic E-state index is 0.0909. The summed E-state index contributed by atoms with van der Waals surface area (Å²) in [6, 6.07) is 82.6. The summed E-state index contributed by atoms with van der Waals surface area (Å²) in [6.07, 6.45) is 4.51. The zero-order valence-electron chi connectivity index (χ0n) is 39.4. The molecular weight excluding hydrogens is 835 g/mol. The van der Waals surface area contributed by atoms with Crippen molar-refractivity contribution >= 4 is 74.1 Å². The third-order valence-electron chi connectivity index (χ3n) is 15.2. The second kappa shape index (κ2) is 15.6. The van der Waals surface area contributed by atoms with Gasteiger partial charge in [-0.15, -0.1) is 0 Å². The summed E-state index contributed by atoms with van der Waals surface area (Å²) in [6.45, 7) is 9.46. The Morgan fingerprint density at radius 1 is 0.290 bits per heavy atom. The largest absolute Gasteiger partial charge is 0.310 e. The van der Waals surface area contributed by atoms with E-state index in [4.69, 9.17) is 0 Å². The second-order valence-electron chi connectivity index (χ2n) is 19.8. The zero-order valence-corrected chi connectivity index (χ0v) is 39.4. The highest BCUT2D eigenvalue weighted by Crippen LogP contribution is 2.57. The van der Waals surface area contributed by atoms with Gasteiger partial charge in [-0.25, -0.2) is 0 Å². The Hall–Kier alpha value is -8.40. The summed E-state index contributed by atoms with van der Waals surface area (Å²) in [5, 5.41) is 2.43. The Morgan fingerprint density at radius 2 is 0.739 bits per heavy atom. The van der Waals surface area contributed by atoms with Crippen LogP contribution in [0, 0.1) is 0 Å². The first-order valence-electron chi connectivity index (χ1n) is 24.2. The molecule has 2 aliphatic heterocycles. The van der Waals surface area contributed by atoms with Gasteiger partial charge in [0.25, 0.3) is 0 Å². The average Bonchev–Trinajstić information content (AvgIpc) is 3.62. The highest BCUT2D eigenvalue weighted by Gasteiger charge is 2.39. The topological polar surface area (TPSA) is 9.72 Å². The summed E-state index contributed by atoms with van der Waals surface area (Å²) in [5.74, 6) is 0. The first-order chi connectivity index (χ1) is 33.8. The van der Waals surface area contributed by atoms with Gasteiger partial charge in [-0.05, 0) is 128 Å². The van der Waals surface area contributed by atoms with Crippen LogP contribution in [-0.2, 0) is 10.8 Å². The number of benzene rings is 10. The van der Waals surface area contributed by atoms with Crippen LogP contribution in [0.2, 0.25) is 0 Å². The molecule has 10 aromatic carbocycles. The molecule has 0 amide bonds. The van der Waals surface area contributed by atoms with Crippen LogP contribution < -0.4 is 14.7 Å². The van der Waals surface area contributed by atoms with E-state index in [2.05, 4.69) is 279 Å². The van der Waals surface area contributed by atoms with Gasteiger partial charge in [-0.3, -0.25) is 0 Å². The molecule has 0 N–H and O–H groups in total. The van der Waals surface area contributed by atoms with E-state index < -0.39 is 0 Å². The van der Waals surface area contributed by atoms with Crippen molar-refractivity contribution in [2.45, 2.75) is 38.5 Å². The molecule has 2 heterocycles. The molecule has 3 heteroatoms. The van der Waals surface area contributed by atoms with Gasteiger partial charge in [0.2, 0.25) is 0 Å². The molecule has 0 spiro atoms. The molecule has 69 heavy (non-hydrogen) atoms. The molecule has 1 aliphatic carbocycles. The number of anilines is 9. The molecule has 0 bridgehead atoms. The summed E-state index contributed by atoms with van der Waals surface area (Å²) >= 11 is 0. The monoisotopic (exact) mass is 885 g/mol. The van der Waals surface area contributed by atoms with E-state index in [0.29, 0.717) is 0 Å². The van der Waals surface area contributed by atoms with Crippen LogP contribution in [0.5, 0.6) is 0 Å². The van der Waals surface area contributed by atoms with Gasteiger partial charge in [0.1, 0.15) is 0 Å². The highest BCUT2D eigenvalue weighted by atomic mass is 15.3. The van der Waals surface area contributed by atoms with Crippen molar-refractivity contribution in [1.82, 2.24) is 0 Å². The van der Waals surface area contributed by atoms with Crippen molar-refractivity contribution < 1.29 is 0 Å². The molecular formula is C66H51N3. The summed E-state index contributed by atoms with van der Waals surface area (Å²) in [4.78, 5) is 7.29. The Morgan fingerprint density at radius 3 is 1.38 bits per heavy atom. The minimum Gasteiger partial charge on any atom is -0.310 e. The smallest absolute Gasteiger partial charge is 0.0703 e. The first kappa shape index (κ1) is 40.8. The molecule has 10 aromatic rings. The normalized spacial score (nSPS) is 14.8. The molecule has 0 aromatic heterocycles. The fourth-order valence-corrected chi connectivity index (χ4v) is 11.7. The maximum absolute atomic E-state index is 2.47. The van der Waals surface area contributed by atoms with Gasteiger partial charge < -0.3 is 14.7 Å². The van der Waals surface area contributed by atoms with Gasteiger partial charge in [0.15, 0.2) is 0 Å². The SMILES string of the molecule is CC1(C)c2cc(C=Cc3ccc(-c4ccc(N5c6ccccc6N(c6ccccc6)c6ccccc65)c5ccccc45)cc3)ccc2-c2ccc(N3c4ccccc4C(C)(C)c4ccccc43)cc21. The van der Waals surface area contributed by atoms with Crippen molar-refractivity contribution in [1.29, 1.82) is 0 Å². The van der Waals surface area contributed by atoms with Crippen LogP contribution in [0.3, 0.4) is 0 Å². The van der Waals surface area contributed by atoms with Crippen molar-refractivity contribution in [2.24, 2.45) is 0 Å². The van der Waals surface area contributed by atoms with Crippen molar-refractivity contribution in [3.63, 3.8) is 0 Å². The predicted octanol–water partition coefficient (Wildman–Crippen LogP) is 18.3. The summed E-state index contributed by atoms with van der Waals surface area (Å²) < 4.78 is 0. The van der Waals surface area contributed by atoms with E-state index in [1.807, 2.05) is 0 Å². The fraction of sp³-hybridized carbons (Fsp3) is 0.0909. The van der Waals surface area contributed by atoms with Gasteiger partial charge in [0, 0.05) is 27.6 Å². The molecule has 0 radical (unpaired) electrons. The standard InChI is InChI=1S/C66H51N3/c1-65(2)54-22-10-12-24-59(54)68(60-25-13-11-23-55(60)65)48-37-39-52-51-38-34-45(42-56(51)66(3,4)57(52)43-48)31-30-44-32-35-46(36-33-44)49-40-41-58(53-21-9-8-20-50(49)53)69-63-28-16-14-26-61(63)67(47-18-6-5-7-19-47)62-27-15-17-29-64(62)69/h5-43H,1-4H3. The molecule has 0 fully saturated rings. The van der Waals surface area contributed by atoms with E-state index in [9.17, 15) is 0 Å². The van der Waals surface area contributed by atoms with Gasteiger partial charge >= 0.3 is 0 Å². The lowest BCUT2D eigenvalue weighted by atomic mass is 9.73. The lowest BCUT2D eigenvalue weighted by molar-refractivity contribution is 0.631. The van der Waals surface area contributed by atoms with Crippen LogP contribution >= 0.6 is 0 Å². The molecule has 0 saturated carbocycles. The zero-order chi connectivity index (χ0) is 46.4. The second-order valence-corrected chi connectivity index (χ2v) is 19.8. The first-order valence-corrected chi connectivity index (χ1v) is 24.2. The molecule has 0 unspecified atom stereocenters. The van der Waals surface area contributed by atoms with Gasteiger partial charge in [0.05, 0.1) is 39.8 Å². The van der Waals surface area contributed by atoms with Crippen molar-refractivity contribution in [3.8, 4) is 22.3 Å². The average molecular weight is 886 g/mol. The summed E-state index contributed by atoms with van der Waals surface area (Å²) in [7, 11) is 0. The Labute approximate surface area is 405 Å². The Balaban J connectivity index is 0.794. The predicted molar refractivity (Wildman–Crippen MR) is 292 cm³/mol. The number of para-hydroxylation sites is 7. The highest BCUT2D eigenvalue weighted by molar-refractivity contribution is 6.10. The quantitative estimate of drug-likeness (QED) is 0.154. The van der Waals surface area contributed by atoms with E-state index >= 15 is 0 Å². The third kappa shape index (κ3) is 6.34. The minimum atomic E-state index is -0.165. The Kier molecular flexibility index (Phi) is 9.22. The van der Waals surface area contributed by atoms with Crippen LogP contribution in [-0.4, -0.2) is 0 Å². The van der Waals surface area contributed by atoms with Crippen LogP contribution in [0.1, 0.15) is 61.1 Å². The number of hydrogen-bond acceptors (Lipinski definition) is 3. The fourth-order valence-electron chi connectivity index (χ4n) is 11.7. The van der Waals surface area contributed by atoms with E-state index in [-0.39, 0.29) is 10.8 Å². The number of nitrogens with zero attached hydrogens (tertiary/aromatic N) is 3. The van der Waals surface area contributed by atoms with Gasteiger partial charge in [-0.1, -0.05) is 198 Å². The van der Waals surface area contributed by atoms with E-state index in [1.165, 1.54) is 83.5 Å². The molecule has 0 atom stereocenters. The van der Waals surface area contributed by atoms with Crippen molar-refractivity contribution in [3.05, 3.63) is 258 Å². The van der Waals surface area contributed by atoms with Crippen LogP contribution in [0.4, 0.5) is 51.2 Å². The lowest BCUT2D eigenvalue weighted by Gasteiger charge is -2.42.